The monoisotopic (exact) mass is 458 g/mol. The van der Waals surface area contributed by atoms with Crippen molar-refractivity contribution < 1.29 is 22.7 Å². The van der Waals surface area contributed by atoms with Crippen molar-refractivity contribution in [3.8, 4) is 0 Å². The number of anilines is 2. The molecular formula is C19H20Cl2N2O5S. The van der Waals surface area contributed by atoms with E-state index in [0.717, 1.165) is 10.6 Å². The Morgan fingerprint density at radius 1 is 1.14 bits per heavy atom. The number of carbonyl (C=O) groups excluding carboxylic acids is 2. The number of amides is 1. The molecule has 1 N–H and O–H groups in total. The second-order valence-corrected chi connectivity index (χ2v) is 8.97. The van der Waals surface area contributed by atoms with Gasteiger partial charge in [-0.1, -0.05) is 47.5 Å². The van der Waals surface area contributed by atoms with E-state index in [1.54, 1.807) is 49.4 Å². The van der Waals surface area contributed by atoms with Crippen LogP contribution in [0.5, 0.6) is 0 Å². The van der Waals surface area contributed by atoms with Crippen LogP contribution in [0.2, 0.25) is 10.0 Å². The molecule has 0 aliphatic heterocycles. The van der Waals surface area contributed by atoms with E-state index < -0.39 is 34.5 Å². The van der Waals surface area contributed by atoms with Crippen LogP contribution in [0.4, 0.5) is 11.4 Å². The number of carbonyl (C=O) groups is 2. The molecule has 0 radical (unpaired) electrons. The van der Waals surface area contributed by atoms with Crippen LogP contribution < -0.4 is 9.62 Å². The summed E-state index contributed by atoms with van der Waals surface area (Å²) in [6.45, 7) is 2.52. The molecule has 0 spiro atoms. The summed E-state index contributed by atoms with van der Waals surface area (Å²) in [5.74, 6) is -1.51. The summed E-state index contributed by atoms with van der Waals surface area (Å²) in [6.07, 6.45) is -0.194. The summed E-state index contributed by atoms with van der Waals surface area (Å²) in [5.41, 5.74) is 1.30. The van der Waals surface area contributed by atoms with Crippen molar-refractivity contribution in [2.45, 2.75) is 20.0 Å². The molecule has 10 heteroatoms. The van der Waals surface area contributed by atoms with E-state index >= 15 is 0 Å². The van der Waals surface area contributed by atoms with Gasteiger partial charge in [0.15, 0.2) is 6.10 Å². The van der Waals surface area contributed by atoms with Crippen LogP contribution in [0, 0.1) is 6.92 Å². The summed E-state index contributed by atoms with van der Waals surface area (Å²) in [5, 5.41) is 2.93. The largest absolute Gasteiger partial charge is 0.451 e. The maximum absolute atomic E-state index is 12.3. The Hall–Kier alpha value is -2.29. The third kappa shape index (κ3) is 6.09. The van der Waals surface area contributed by atoms with Crippen molar-refractivity contribution in [1.82, 2.24) is 0 Å². The van der Waals surface area contributed by atoms with E-state index in [4.69, 9.17) is 27.9 Å². The molecule has 2 aromatic carbocycles. The van der Waals surface area contributed by atoms with E-state index in [-0.39, 0.29) is 15.7 Å². The number of benzene rings is 2. The lowest BCUT2D eigenvalue weighted by Gasteiger charge is -2.24. The molecule has 1 unspecified atom stereocenters. The summed E-state index contributed by atoms with van der Waals surface area (Å²) >= 11 is 11.9. The number of hydrogen-bond acceptors (Lipinski definition) is 5. The molecule has 0 heterocycles. The zero-order valence-corrected chi connectivity index (χ0v) is 18.3. The number of nitrogens with one attached hydrogen (secondary N) is 1. The van der Waals surface area contributed by atoms with Crippen LogP contribution in [0.3, 0.4) is 0 Å². The number of aryl methyl sites for hydroxylation is 1. The van der Waals surface area contributed by atoms with Gasteiger partial charge in [-0.2, -0.15) is 0 Å². The molecule has 156 valence electrons. The van der Waals surface area contributed by atoms with Crippen LogP contribution in [0.25, 0.3) is 0 Å². The fraction of sp³-hybridized carbons (Fsp3) is 0.263. The molecular weight excluding hydrogens is 439 g/mol. The molecule has 0 fully saturated rings. The Bertz CT molecular complexity index is 1030. The number of halogens is 2. The number of ether oxygens (including phenoxy) is 1. The van der Waals surface area contributed by atoms with Gasteiger partial charge in [-0.05, 0) is 37.6 Å². The van der Waals surface area contributed by atoms with Crippen molar-refractivity contribution in [2.24, 2.45) is 0 Å². The SMILES string of the molecule is Cc1ccccc1N(CC(=O)OC(C)C(=O)Nc1cccc(Cl)c1Cl)S(C)(=O)=O. The van der Waals surface area contributed by atoms with Gasteiger partial charge < -0.3 is 10.1 Å². The molecule has 0 saturated carbocycles. The Kier molecular flexibility index (Phi) is 7.51. The summed E-state index contributed by atoms with van der Waals surface area (Å²) in [7, 11) is -3.75. The molecule has 0 saturated heterocycles. The van der Waals surface area contributed by atoms with Gasteiger partial charge in [0.05, 0.1) is 27.7 Å². The number of rotatable bonds is 7. The quantitative estimate of drug-likeness (QED) is 0.639. The van der Waals surface area contributed by atoms with Crippen molar-refractivity contribution in [3.63, 3.8) is 0 Å². The second-order valence-electron chi connectivity index (χ2n) is 6.28. The molecule has 7 nitrogen and oxygen atoms in total. The second kappa shape index (κ2) is 9.47. The highest BCUT2D eigenvalue weighted by Gasteiger charge is 2.26. The molecule has 1 amide bonds. The highest BCUT2D eigenvalue weighted by atomic mass is 35.5. The Balaban J connectivity index is 2.08. The van der Waals surface area contributed by atoms with E-state index in [9.17, 15) is 18.0 Å². The fourth-order valence-electron chi connectivity index (χ4n) is 2.46. The highest BCUT2D eigenvalue weighted by Crippen LogP contribution is 2.29. The van der Waals surface area contributed by atoms with Crippen molar-refractivity contribution in [2.75, 3.05) is 22.4 Å². The van der Waals surface area contributed by atoms with Crippen LogP contribution in [-0.4, -0.2) is 39.2 Å². The van der Waals surface area contributed by atoms with Gasteiger partial charge in [0.25, 0.3) is 5.91 Å². The summed E-state index contributed by atoms with van der Waals surface area (Å²) in [4.78, 5) is 24.6. The first-order valence-electron chi connectivity index (χ1n) is 8.48. The van der Waals surface area contributed by atoms with E-state index in [1.807, 2.05) is 0 Å². The molecule has 2 aromatic rings. The van der Waals surface area contributed by atoms with Gasteiger partial charge in [-0.15, -0.1) is 0 Å². The molecule has 0 aliphatic rings. The molecule has 0 bridgehead atoms. The van der Waals surface area contributed by atoms with Crippen LogP contribution in [0.15, 0.2) is 42.5 Å². The van der Waals surface area contributed by atoms with Crippen LogP contribution in [-0.2, 0) is 24.3 Å². The lowest BCUT2D eigenvalue weighted by molar-refractivity contribution is -0.151. The van der Waals surface area contributed by atoms with Gasteiger partial charge in [-0.3, -0.25) is 13.9 Å². The topological polar surface area (TPSA) is 92.8 Å². The van der Waals surface area contributed by atoms with Gasteiger partial charge in [0.2, 0.25) is 10.0 Å². The summed E-state index contributed by atoms with van der Waals surface area (Å²) in [6, 6.07) is 11.4. The Morgan fingerprint density at radius 3 is 2.41 bits per heavy atom. The predicted octanol–water partition coefficient (Wildman–Crippen LogP) is 3.64. The zero-order chi connectivity index (χ0) is 21.8. The standard InChI is InChI=1S/C19H20Cl2N2O5S/c1-12-7-4-5-10-16(12)23(29(3,26)27)11-17(24)28-13(2)19(25)22-15-9-6-8-14(20)18(15)21/h4-10,13H,11H2,1-3H3,(H,22,25). The first kappa shape index (κ1) is 23.0. The zero-order valence-electron chi connectivity index (χ0n) is 16.0. The van der Waals surface area contributed by atoms with E-state index in [1.165, 1.54) is 6.92 Å². The normalized spacial score (nSPS) is 12.2. The van der Waals surface area contributed by atoms with Gasteiger partial charge in [0, 0.05) is 0 Å². The maximum atomic E-state index is 12.3. The fourth-order valence-corrected chi connectivity index (χ4v) is 3.71. The minimum absolute atomic E-state index is 0.156. The van der Waals surface area contributed by atoms with E-state index in [0.29, 0.717) is 11.3 Å². The smallest absolute Gasteiger partial charge is 0.327 e. The first-order chi connectivity index (χ1) is 13.5. The number of hydrogen-bond donors (Lipinski definition) is 1. The van der Waals surface area contributed by atoms with Crippen molar-refractivity contribution in [3.05, 3.63) is 58.1 Å². The molecule has 2 rings (SSSR count). The molecule has 1 atom stereocenters. The minimum Gasteiger partial charge on any atom is -0.451 e. The average Bonchev–Trinajstić information content (AvgIpc) is 2.63. The molecule has 0 aromatic heterocycles. The van der Waals surface area contributed by atoms with Crippen LogP contribution >= 0.6 is 23.2 Å². The average molecular weight is 459 g/mol. The van der Waals surface area contributed by atoms with Gasteiger partial charge >= 0.3 is 5.97 Å². The van der Waals surface area contributed by atoms with Crippen molar-refractivity contribution >= 4 is 56.5 Å². The lowest BCUT2D eigenvalue weighted by Crippen LogP contribution is -2.39. The Labute approximate surface area is 179 Å². The predicted molar refractivity (Wildman–Crippen MR) is 114 cm³/mol. The number of nitrogens with zero attached hydrogens (tertiary/aromatic N) is 1. The number of sulfonamides is 1. The van der Waals surface area contributed by atoms with Gasteiger partial charge in [-0.25, -0.2) is 8.42 Å². The molecule has 29 heavy (non-hydrogen) atoms. The van der Waals surface area contributed by atoms with E-state index in [2.05, 4.69) is 5.32 Å². The minimum atomic E-state index is -3.75. The lowest BCUT2D eigenvalue weighted by atomic mass is 10.2. The van der Waals surface area contributed by atoms with Crippen LogP contribution in [0.1, 0.15) is 12.5 Å². The maximum Gasteiger partial charge on any atom is 0.327 e. The highest BCUT2D eigenvalue weighted by molar-refractivity contribution is 7.92. The first-order valence-corrected chi connectivity index (χ1v) is 11.1. The third-order valence-corrected chi connectivity index (χ3v) is 5.89. The summed E-state index contributed by atoms with van der Waals surface area (Å²) < 4.78 is 30.4. The number of para-hydroxylation sites is 1. The van der Waals surface area contributed by atoms with Crippen molar-refractivity contribution in [1.29, 1.82) is 0 Å². The molecule has 0 aliphatic carbocycles. The third-order valence-electron chi connectivity index (χ3n) is 3.94. The number of esters is 1. The van der Waals surface area contributed by atoms with Gasteiger partial charge in [0.1, 0.15) is 6.54 Å². The Morgan fingerprint density at radius 2 is 1.79 bits per heavy atom.